The molecule has 0 heterocycles. The lowest BCUT2D eigenvalue weighted by Crippen LogP contribution is -2.32. The largest absolute Gasteiger partial charge is 0.481 e. The molecule has 1 rings (SSSR count). The first-order valence-electron chi connectivity index (χ1n) is 5.53. The molecule has 0 unspecified atom stereocenters. The average Bonchev–Trinajstić information content (AvgIpc) is 2.37. The van der Waals surface area contributed by atoms with Crippen LogP contribution in [0.3, 0.4) is 0 Å². The molecule has 0 aliphatic heterocycles. The van der Waals surface area contributed by atoms with E-state index in [-0.39, 0.29) is 0 Å². The van der Waals surface area contributed by atoms with Gasteiger partial charge < -0.3 is 26.4 Å². The van der Waals surface area contributed by atoms with Gasteiger partial charge >= 0.3 is 18.0 Å². The van der Waals surface area contributed by atoms with Crippen molar-refractivity contribution >= 4 is 18.0 Å². The molecule has 0 spiro atoms. The monoisotopic (exact) mass is 284 g/mol. The molecule has 0 bridgehead atoms. The Bertz CT molecular complexity index is 449. The van der Waals surface area contributed by atoms with Crippen molar-refractivity contribution in [3.8, 4) is 0 Å². The molecule has 0 radical (unpaired) electrons. The van der Waals surface area contributed by atoms with E-state index in [0.717, 1.165) is 5.56 Å². The van der Waals surface area contributed by atoms with Crippen molar-refractivity contribution in [3.63, 3.8) is 0 Å². The van der Waals surface area contributed by atoms with Gasteiger partial charge in [-0.2, -0.15) is 0 Å². The molecule has 20 heavy (non-hydrogen) atoms. The second-order valence-corrected chi connectivity index (χ2v) is 3.69. The third-order valence-corrected chi connectivity index (χ3v) is 2.00. The van der Waals surface area contributed by atoms with Crippen molar-refractivity contribution in [2.75, 3.05) is 0 Å². The number of nitrogens with one attached hydrogen (secondary N) is 1. The maximum atomic E-state index is 10.1. The van der Waals surface area contributed by atoms with Crippen molar-refractivity contribution in [1.29, 1.82) is 0 Å². The van der Waals surface area contributed by atoms with E-state index in [9.17, 15) is 14.4 Å². The van der Waals surface area contributed by atoms with Crippen LogP contribution in [0.1, 0.15) is 12.0 Å². The fourth-order valence-corrected chi connectivity index (χ4v) is 1.05. The zero-order chi connectivity index (χ0) is 15.5. The van der Waals surface area contributed by atoms with Gasteiger partial charge in [0.15, 0.2) is 0 Å². The molecule has 8 nitrogen and oxygen atoms in total. The van der Waals surface area contributed by atoms with Crippen LogP contribution >= 0.6 is 0 Å². The third-order valence-electron chi connectivity index (χ3n) is 2.00. The van der Waals surface area contributed by atoms with Crippen LogP contribution in [0.15, 0.2) is 30.3 Å². The minimum absolute atomic E-state index is 0.371. The summed E-state index contributed by atoms with van der Waals surface area (Å²) >= 11 is 0. The van der Waals surface area contributed by atoms with Crippen LogP contribution in [0.25, 0.3) is 0 Å². The first-order valence-corrected chi connectivity index (χ1v) is 5.53. The summed E-state index contributed by atoms with van der Waals surface area (Å²) in [7, 11) is 0. The summed E-state index contributed by atoms with van der Waals surface area (Å²) in [4.78, 5) is 29.7. The summed E-state index contributed by atoms with van der Waals surface area (Å²) in [6, 6.07) is 8.09. The molecule has 1 aromatic rings. The van der Waals surface area contributed by atoms with Crippen molar-refractivity contribution in [2.24, 2.45) is 5.73 Å². The van der Waals surface area contributed by atoms with Gasteiger partial charge in [0.05, 0.1) is 6.42 Å². The second-order valence-electron chi connectivity index (χ2n) is 3.69. The molecular formula is C12H16N2O6. The zero-order valence-corrected chi connectivity index (χ0v) is 10.5. The van der Waals surface area contributed by atoms with Crippen LogP contribution in [-0.4, -0.2) is 39.4 Å². The van der Waals surface area contributed by atoms with Crippen molar-refractivity contribution in [2.45, 2.75) is 19.0 Å². The Morgan fingerprint density at radius 1 is 1.10 bits per heavy atom. The molecular weight excluding hydrogens is 268 g/mol. The van der Waals surface area contributed by atoms with E-state index in [1.54, 1.807) is 0 Å². The normalized spacial score (nSPS) is 10.7. The SMILES string of the molecule is N[C@@H](CC(=O)O)C(=O)O.O=C(O)NCc1ccccc1. The third kappa shape index (κ3) is 9.42. The fourth-order valence-electron chi connectivity index (χ4n) is 1.05. The van der Waals surface area contributed by atoms with Crippen molar-refractivity contribution < 1.29 is 29.7 Å². The lowest BCUT2D eigenvalue weighted by molar-refractivity contribution is -0.144. The summed E-state index contributed by atoms with van der Waals surface area (Å²) < 4.78 is 0. The van der Waals surface area contributed by atoms with Crippen molar-refractivity contribution in [1.82, 2.24) is 5.32 Å². The highest BCUT2D eigenvalue weighted by Crippen LogP contribution is 1.96. The number of carbonyl (C=O) groups is 3. The Morgan fingerprint density at radius 2 is 1.65 bits per heavy atom. The van der Waals surface area contributed by atoms with Crippen LogP contribution in [0.2, 0.25) is 0 Å². The van der Waals surface area contributed by atoms with Gasteiger partial charge in [-0.1, -0.05) is 30.3 Å². The van der Waals surface area contributed by atoms with E-state index in [2.05, 4.69) is 5.32 Å². The number of aliphatic carboxylic acids is 2. The maximum absolute atomic E-state index is 10.1. The number of carboxylic acids is 2. The van der Waals surface area contributed by atoms with Gasteiger partial charge in [-0.05, 0) is 5.56 Å². The van der Waals surface area contributed by atoms with Gasteiger partial charge in [0.1, 0.15) is 6.04 Å². The Balaban J connectivity index is 0.000000370. The Hall–Kier alpha value is -2.61. The standard InChI is InChI=1S/C8H9NO2.C4H7NO4/c10-8(11)9-6-7-4-2-1-3-5-7;5-2(4(8)9)1-3(6)7/h1-5,9H,6H2,(H,10,11);2H,1,5H2,(H,6,7)(H,8,9)/t;2-/m.0/s1. The van der Waals surface area contributed by atoms with Crippen molar-refractivity contribution in [3.05, 3.63) is 35.9 Å². The van der Waals surface area contributed by atoms with Crippen LogP contribution in [0, 0.1) is 0 Å². The lowest BCUT2D eigenvalue weighted by Gasteiger charge is -1.99. The summed E-state index contributed by atoms with van der Waals surface area (Å²) in [6.07, 6.45) is -1.52. The Labute approximate surface area is 114 Å². The van der Waals surface area contributed by atoms with Crippen LogP contribution in [0.4, 0.5) is 4.79 Å². The minimum atomic E-state index is -1.29. The number of rotatable bonds is 5. The number of benzene rings is 1. The van der Waals surface area contributed by atoms with E-state index in [1.807, 2.05) is 30.3 Å². The van der Waals surface area contributed by atoms with Gasteiger partial charge in [0.2, 0.25) is 0 Å². The zero-order valence-electron chi connectivity index (χ0n) is 10.5. The van der Waals surface area contributed by atoms with E-state index < -0.39 is 30.5 Å². The van der Waals surface area contributed by atoms with E-state index in [0.29, 0.717) is 6.54 Å². The number of nitrogens with two attached hydrogens (primary N) is 1. The van der Waals surface area contributed by atoms with Gasteiger partial charge in [-0.15, -0.1) is 0 Å². The van der Waals surface area contributed by atoms with E-state index in [1.165, 1.54) is 0 Å². The Kier molecular flexibility index (Phi) is 8.12. The first-order chi connectivity index (χ1) is 9.32. The highest BCUT2D eigenvalue weighted by Gasteiger charge is 2.14. The van der Waals surface area contributed by atoms with Gasteiger partial charge in [-0.3, -0.25) is 9.59 Å². The van der Waals surface area contributed by atoms with Gasteiger partial charge in [0.25, 0.3) is 0 Å². The predicted octanol–water partition coefficient (Wildman–Crippen LogP) is 0.327. The molecule has 1 amide bonds. The summed E-state index contributed by atoms with van der Waals surface area (Å²) in [6.45, 7) is 0.371. The van der Waals surface area contributed by atoms with Crippen LogP contribution in [0.5, 0.6) is 0 Å². The smallest absolute Gasteiger partial charge is 0.404 e. The van der Waals surface area contributed by atoms with E-state index >= 15 is 0 Å². The number of hydrogen-bond acceptors (Lipinski definition) is 4. The average molecular weight is 284 g/mol. The summed E-state index contributed by atoms with van der Waals surface area (Å²) in [5.41, 5.74) is 5.80. The molecule has 0 aromatic heterocycles. The first kappa shape index (κ1) is 17.4. The summed E-state index contributed by atoms with van der Waals surface area (Å²) in [5, 5.41) is 26.6. The molecule has 0 aliphatic rings. The van der Waals surface area contributed by atoms with Gasteiger partial charge in [0, 0.05) is 6.54 Å². The number of hydrogen-bond donors (Lipinski definition) is 5. The highest BCUT2D eigenvalue weighted by atomic mass is 16.4. The highest BCUT2D eigenvalue weighted by molar-refractivity contribution is 5.80. The van der Waals surface area contributed by atoms with E-state index in [4.69, 9.17) is 21.1 Å². The summed E-state index contributed by atoms with van der Waals surface area (Å²) in [5.74, 6) is -2.50. The molecule has 6 N–H and O–H groups in total. The molecule has 110 valence electrons. The Morgan fingerprint density at radius 3 is 2.00 bits per heavy atom. The lowest BCUT2D eigenvalue weighted by atomic mass is 10.2. The fraction of sp³-hybridized carbons (Fsp3) is 0.250. The maximum Gasteiger partial charge on any atom is 0.404 e. The quantitative estimate of drug-likeness (QED) is 0.522. The topological polar surface area (TPSA) is 150 Å². The molecule has 0 saturated carbocycles. The molecule has 0 saturated heterocycles. The molecule has 1 atom stereocenters. The van der Waals surface area contributed by atoms with Gasteiger partial charge in [-0.25, -0.2) is 4.79 Å². The predicted molar refractivity (Wildman–Crippen MR) is 69.2 cm³/mol. The number of carboxylic acid groups (broad SMARTS) is 3. The van der Waals surface area contributed by atoms with Crippen LogP contribution in [-0.2, 0) is 16.1 Å². The molecule has 1 aromatic carbocycles. The second kappa shape index (κ2) is 9.34. The molecule has 0 aliphatic carbocycles. The van der Waals surface area contributed by atoms with Crippen LogP contribution < -0.4 is 11.1 Å². The minimum Gasteiger partial charge on any atom is -0.481 e. The number of amides is 1. The molecule has 0 fully saturated rings. The molecule has 8 heteroatoms.